The normalized spacial score (nSPS) is 10.3. The maximum Gasteiger partial charge on any atom is 0.149 e. The molecule has 0 atom stereocenters. The Labute approximate surface area is 117 Å². The standard InChI is InChI=1S/C11H8BrCl2N3/c12-6-3-9(14)11(16-5-6)17-10-4-7(15)1-2-8(10)13/h1-5H,15H2,(H,16,17). The molecule has 3 nitrogen and oxygen atoms in total. The molecule has 0 amide bonds. The van der Waals surface area contributed by atoms with Gasteiger partial charge in [0.05, 0.1) is 15.7 Å². The minimum absolute atomic E-state index is 0.498. The van der Waals surface area contributed by atoms with Crippen LogP contribution in [0.1, 0.15) is 0 Å². The second-order valence-corrected chi connectivity index (χ2v) is 5.08. The summed E-state index contributed by atoms with van der Waals surface area (Å²) in [4.78, 5) is 4.15. The topological polar surface area (TPSA) is 50.9 Å². The number of benzene rings is 1. The number of nitrogen functional groups attached to an aromatic ring is 1. The van der Waals surface area contributed by atoms with Gasteiger partial charge in [0.15, 0.2) is 0 Å². The smallest absolute Gasteiger partial charge is 0.149 e. The molecule has 0 unspecified atom stereocenters. The predicted molar refractivity (Wildman–Crippen MR) is 76.1 cm³/mol. The lowest BCUT2D eigenvalue weighted by atomic mass is 10.3. The van der Waals surface area contributed by atoms with Crippen molar-refractivity contribution in [2.45, 2.75) is 0 Å². The second kappa shape index (κ2) is 5.12. The van der Waals surface area contributed by atoms with Crippen LogP contribution in [0.15, 0.2) is 34.9 Å². The molecular formula is C11H8BrCl2N3. The first-order chi connectivity index (χ1) is 8.06. The second-order valence-electron chi connectivity index (χ2n) is 3.35. The van der Waals surface area contributed by atoms with Gasteiger partial charge in [-0.3, -0.25) is 0 Å². The monoisotopic (exact) mass is 331 g/mol. The van der Waals surface area contributed by atoms with Crippen LogP contribution in [0.25, 0.3) is 0 Å². The molecule has 2 aromatic rings. The van der Waals surface area contributed by atoms with Crippen molar-refractivity contribution >= 4 is 56.3 Å². The van der Waals surface area contributed by atoms with Gasteiger partial charge in [-0.25, -0.2) is 4.98 Å². The first kappa shape index (κ1) is 12.5. The molecule has 0 saturated heterocycles. The first-order valence-electron chi connectivity index (χ1n) is 4.69. The summed E-state index contributed by atoms with van der Waals surface area (Å²) in [5, 5.41) is 4.09. The van der Waals surface area contributed by atoms with Crippen LogP contribution in [0.5, 0.6) is 0 Å². The highest BCUT2D eigenvalue weighted by molar-refractivity contribution is 9.10. The van der Waals surface area contributed by atoms with E-state index in [2.05, 4.69) is 26.2 Å². The van der Waals surface area contributed by atoms with Gasteiger partial charge in [-0.2, -0.15) is 0 Å². The van der Waals surface area contributed by atoms with Gasteiger partial charge in [0.1, 0.15) is 5.82 Å². The molecule has 2 rings (SSSR count). The SMILES string of the molecule is Nc1ccc(Cl)c(Nc2ncc(Br)cc2Cl)c1. The van der Waals surface area contributed by atoms with Crippen molar-refractivity contribution in [1.82, 2.24) is 4.98 Å². The van der Waals surface area contributed by atoms with Gasteiger partial charge in [-0.15, -0.1) is 0 Å². The molecule has 88 valence electrons. The van der Waals surface area contributed by atoms with E-state index in [0.717, 1.165) is 4.47 Å². The van der Waals surface area contributed by atoms with E-state index in [1.165, 1.54) is 0 Å². The fraction of sp³-hybridized carbons (Fsp3) is 0. The fourth-order valence-corrected chi connectivity index (χ4v) is 2.11. The highest BCUT2D eigenvalue weighted by Crippen LogP contribution is 2.30. The molecule has 0 aliphatic heterocycles. The minimum atomic E-state index is 0.498. The lowest BCUT2D eigenvalue weighted by Crippen LogP contribution is -1.96. The summed E-state index contributed by atoms with van der Waals surface area (Å²) in [7, 11) is 0. The Kier molecular flexibility index (Phi) is 3.76. The number of hydrogen-bond acceptors (Lipinski definition) is 3. The van der Waals surface area contributed by atoms with Gasteiger partial charge in [0.25, 0.3) is 0 Å². The van der Waals surface area contributed by atoms with Gasteiger partial charge in [0, 0.05) is 16.4 Å². The summed E-state index contributed by atoms with van der Waals surface area (Å²) in [6.45, 7) is 0. The zero-order valence-electron chi connectivity index (χ0n) is 8.55. The molecule has 0 radical (unpaired) electrons. The fourth-order valence-electron chi connectivity index (χ4n) is 1.27. The summed E-state index contributed by atoms with van der Waals surface area (Å²) < 4.78 is 0.812. The molecule has 0 aliphatic rings. The maximum absolute atomic E-state index is 6.04. The third-order valence-corrected chi connectivity index (χ3v) is 3.10. The van der Waals surface area contributed by atoms with E-state index in [4.69, 9.17) is 28.9 Å². The summed E-state index contributed by atoms with van der Waals surface area (Å²) >= 11 is 15.4. The largest absolute Gasteiger partial charge is 0.399 e. The van der Waals surface area contributed by atoms with E-state index >= 15 is 0 Å². The molecule has 6 heteroatoms. The van der Waals surface area contributed by atoms with Gasteiger partial charge < -0.3 is 11.1 Å². The Morgan fingerprint density at radius 3 is 2.65 bits per heavy atom. The van der Waals surface area contributed by atoms with Crippen molar-refractivity contribution < 1.29 is 0 Å². The Balaban J connectivity index is 2.34. The van der Waals surface area contributed by atoms with Crippen molar-refractivity contribution in [2.75, 3.05) is 11.1 Å². The van der Waals surface area contributed by atoms with E-state index < -0.39 is 0 Å². The van der Waals surface area contributed by atoms with Gasteiger partial charge in [0.2, 0.25) is 0 Å². The molecule has 17 heavy (non-hydrogen) atoms. The Morgan fingerprint density at radius 1 is 1.18 bits per heavy atom. The van der Waals surface area contributed by atoms with Crippen LogP contribution >= 0.6 is 39.1 Å². The van der Waals surface area contributed by atoms with Crippen LogP contribution in [0.2, 0.25) is 10.0 Å². The summed E-state index contributed by atoms with van der Waals surface area (Å²) in [5.74, 6) is 0.530. The zero-order valence-corrected chi connectivity index (χ0v) is 11.6. The molecule has 0 saturated carbocycles. The third kappa shape index (κ3) is 3.03. The average Bonchev–Trinajstić information content (AvgIpc) is 2.27. The molecule has 1 heterocycles. The number of anilines is 3. The van der Waals surface area contributed by atoms with Crippen molar-refractivity contribution in [2.24, 2.45) is 0 Å². The quantitative estimate of drug-likeness (QED) is 0.797. The van der Waals surface area contributed by atoms with E-state index in [1.54, 1.807) is 30.5 Å². The molecule has 0 fully saturated rings. The predicted octanol–water partition coefficient (Wildman–Crippen LogP) is 4.48. The minimum Gasteiger partial charge on any atom is -0.399 e. The van der Waals surface area contributed by atoms with Gasteiger partial charge in [-0.1, -0.05) is 23.2 Å². The Bertz CT molecular complexity index is 560. The van der Waals surface area contributed by atoms with Crippen molar-refractivity contribution in [3.63, 3.8) is 0 Å². The third-order valence-electron chi connectivity index (χ3n) is 2.05. The number of nitrogens with one attached hydrogen (secondary N) is 1. The number of pyridine rings is 1. The first-order valence-corrected chi connectivity index (χ1v) is 6.24. The number of rotatable bonds is 2. The van der Waals surface area contributed by atoms with E-state index in [9.17, 15) is 0 Å². The maximum atomic E-state index is 6.04. The van der Waals surface area contributed by atoms with Crippen LogP contribution in [0.3, 0.4) is 0 Å². The molecule has 0 bridgehead atoms. The molecular weight excluding hydrogens is 325 g/mol. The number of nitrogens with zero attached hydrogens (tertiary/aromatic N) is 1. The average molecular weight is 333 g/mol. The molecule has 1 aromatic heterocycles. The summed E-state index contributed by atoms with van der Waals surface area (Å²) in [6, 6.07) is 6.91. The summed E-state index contributed by atoms with van der Waals surface area (Å²) in [5.41, 5.74) is 6.97. The van der Waals surface area contributed by atoms with Crippen LogP contribution in [-0.4, -0.2) is 4.98 Å². The van der Waals surface area contributed by atoms with Gasteiger partial charge >= 0.3 is 0 Å². The van der Waals surface area contributed by atoms with E-state index in [-0.39, 0.29) is 0 Å². The molecule has 0 aliphatic carbocycles. The lowest BCUT2D eigenvalue weighted by molar-refractivity contribution is 1.29. The highest BCUT2D eigenvalue weighted by atomic mass is 79.9. The zero-order chi connectivity index (χ0) is 12.4. The van der Waals surface area contributed by atoms with Crippen molar-refractivity contribution in [3.05, 3.63) is 45.0 Å². The molecule has 0 spiro atoms. The number of nitrogens with two attached hydrogens (primary N) is 1. The number of halogens is 3. The van der Waals surface area contributed by atoms with Crippen molar-refractivity contribution in [3.8, 4) is 0 Å². The Hall–Kier alpha value is -0.970. The van der Waals surface area contributed by atoms with Crippen LogP contribution in [-0.2, 0) is 0 Å². The lowest BCUT2D eigenvalue weighted by Gasteiger charge is -2.09. The Morgan fingerprint density at radius 2 is 1.94 bits per heavy atom. The van der Waals surface area contributed by atoms with E-state index in [1.807, 2.05) is 0 Å². The van der Waals surface area contributed by atoms with Gasteiger partial charge in [-0.05, 0) is 40.2 Å². The molecule has 3 N–H and O–H groups in total. The molecule has 1 aromatic carbocycles. The van der Waals surface area contributed by atoms with Crippen LogP contribution in [0.4, 0.5) is 17.2 Å². The van der Waals surface area contributed by atoms with Crippen LogP contribution < -0.4 is 11.1 Å². The van der Waals surface area contributed by atoms with Crippen LogP contribution in [0, 0.1) is 0 Å². The van der Waals surface area contributed by atoms with E-state index in [0.29, 0.717) is 27.2 Å². The highest BCUT2D eigenvalue weighted by Gasteiger charge is 2.06. The number of aromatic nitrogens is 1. The van der Waals surface area contributed by atoms with Crippen molar-refractivity contribution in [1.29, 1.82) is 0 Å². The number of hydrogen-bond donors (Lipinski definition) is 2. The summed E-state index contributed by atoms with van der Waals surface area (Å²) in [6.07, 6.45) is 1.65.